The van der Waals surface area contributed by atoms with Crippen molar-refractivity contribution in [1.29, 1.82) is 0 Å². The van der Waals surface area contributed by atoms with Gasteiger partial charge in [-0.05, 0) is 5.54 Å². The summed E-state index contributed by atoms with van der Waals surface area (Å²) < 4.78 is 0. The molecule has 0 rings (SSSR count). The summed E-state index contributed by atoms with van der Waals surface area (Å²) in [4.78, 5) is 0. The van der Waals surface area contributed by atoms with Crippen molar-refractivity contribution in [3.63, 3.8) is 0 Å². The third kappa shape index (κ3) is 3.64. The number of hydrogen-bond donors (Lipinski definition) is 0. The van der Waals surface area contributed by atoms with Crippen molar-refractivity contribution in [1.82, 2.24) is 0 Å². The van der Waals surface area contributed by atoms with Gasteiger partial charge in [0.25, 0.3) is 0 Å². The van der Waals surface area contributed by atoms with E-state index in [-0.39, 0.29) is 0 Å². The van der Waals surface area contributed by atoms with E-state index in [0.717, 1.165) is 0 Å². The highest BCUT2D eigenvalue weighted by Gasteiger charge is 2.35. The molecule has 0 amide bonds. The molecule has 0 aromatic heterocycles. The molecule has 0 saturated carbocycles. The van der Waals surface area contributed by atoms with E-state index < -0.39 is 14.8 Å². The molecular formula is C8H18Cl2Si2. The molecule has 1 unspecified atom stereocenters. The quantitative estimate of drug-likeness (QED) is 0.508. The summed E-state index contributed by atoms with van der Waals surface area (Å²) in [6.45, 7) is 14.7. The molecular weight excluding hydrogens is 223 g/mol. The van der Waals surface area contributed by atoms with Crippen LogP contribution >= 0.6 is 22.2 Å². The molecule has 0 nitrogen and oxygen atoms in total. The molecule has 0 aliphatic heterocycles. The summed E-state index contributed by atoms with van der Waals surface area (Å²) in [5, 5.41) is 1.19. The molecule has 0 heterocycles. The normalized spacial score (nSPS) is 15.9. The second kappa shape index (κ2) is 3.86. The van der Waals surface area contributed by atoms with Crippen LogP contribution in [-0.4, -0.2) is 14.8 Å². The Morgan fingerprint density at radius 3 is 1.58 bits per heavy atom. The Kier molecular flexibility index (Phi) is 4.11. The molecule has 0 aromatic carbocycles. The van der Waals surface area contributed by atoms with E-state index in [2.05, 4.69) is 39.7 Å². The molecule has 0 saturated heterocycles. The first kappa shape index (κ1) is 12.8. The highest BCUT2D eigenvalue weighted by molar-refractivity contribution is 7.26. The van der Waals surface area contributed by atoms with Crippen molar-refractivity contribution < 1.29 is 0 Å². The summed E-state index contributed by atoms with van der Waals surface area (Å²) in [6, 6.07) is 0. The van der Waals surface area contributed by atoms with Crippen molar-refractivity contribution in [2.45, 2.75) is 38.7 Å². The zero-order valence-corrected chi connectivity index (χ0v) is 12.1. The number of rotatable bonds is 3. The Labute approximate surface area is 87.4 Å². The number of allylic oxidation sites excluding steroid dienone is 1. The molecule has 0 fully saturated rings. The second-order valence-corrected chi connectivity index (χ2v) is 17.6. The first-order valence-electron chi connectivity index (χ1n) is 4.14. The van der Waals surface area contributed by atoms with E-state index in [1.165, 1.54) is 5.20 Å². The van der Waals surface area contributed by atoms with Gasteiger partial charge >= 0.3 is 0 Å². The van der Waals surface area contributed by atoms with Crippen LogP contribution in [0.3, 0.4) is 0 Å². The van der Waals surface area contributed by atoms with Gasteiger partial charge in [0, 0.05) is 0 Å². The Bertz CT molecular complexity index is 176. The van der Waals surface area contributed by atoms with Crippen LogP contribution in [0.25, 0.3) is 0 Å². The lowest BCUT2D eigenvalue weighted by atomic mass is 10.5. The van der Waals surface area contributed by atoms with E-state index >= 15 is 0 Å². The van der Waals surface area contributed by atoms with Gasteiger partial charge in [-0.3, -0.25) is 0 Å². The zero-order chi connectivity index (χ0) is 10.2. The Balaban J connectivity index is 4.53. The van der Waals surface area contributed by atoms with Gasteiger partial charge in [-0.2, -0.15) is 22.2 Å². The van der Waals surface area contributed by atoms with Gasteiger partial charge < -0.3 is 0 Å². The minimum Gasteiger partial charge on any atom is -0.167 e. The predicted octanol–water partition coefficient (Wildman–Crippen LogP) is 4.36. The lowest BCUT2D eigenvalue weighted by Crippen LogP contribution is -2.33. The fourth-order valence-corrected chi connectivity index (χ4v) is 6.39. The maximum atomic E-state index is 6.33. The van der Waals surface area contributed by atoms with Gasteiger partial charge in [-0.15, -0.1) is 6.58 Å². The number of hydrogen-bond acceptors (Lipinski definition) is 0. The summed E-state index contributed by atoms with van der Waals surface area (Å²) in [7, 11) is -3.32. The molecule has 0 N–H and O–H groups in total. The minimum absolute atomic E-state index is 0.415. The third-order valence-electron chi connectivity index (χ3n) is 2.32. The molecule has 0 radical (unpaired) electrons. The average molecular weight is 241 g/mol. The second-order valence-electron chi connectivity index (χ2n) is 4.28. The number of halogens is 2. The molecule has 4 heteroatoms. The third-order valence-corrected chi connectivity index (χ3v) is 8.68. The fourth-order valence-electron chi connectivity index (χ4n) is 0.929. The fraction of sp³-hybridized carbons (Fsp3) is 0.750. The molecule has 0 bridgehead atoms. The highest BCUT2D eigenvalue weighted by atomic mass is 35.6. The van der Waals surface area contributed by atoms with Gasteiger partial charge in [0.15, 0.2) is 14.8 Å². The molecule has 12 heavy (non-hydrogen) atoms. The van der Waals surface area contributed by atoms with Crippen LogP contribution in [0, 0.1) is 0 Å². The van der Waals surface area contributed by atoms with E-state index in [1.54, 1.807) is 0 Å². The van der Waals surface area contributed by atoms with E-state index in [0.29, 0.717) is 5.54 Å². The van der Waals surface area contributed by atoms with E-state index in [4.69, 9.17) is 22.2 Å². The summed E-state index contributed by atoms with van der Waals surface area (Å²) in [5.74, 6) is 0. The van der Waals surface area contributed by atoms with Gasteiger partial charge in [0.05, 0.1) is 0 Å². The van der Waals surface area contributed by atoms with Crippen molar-refractivity contribution in [3.05, 3.63) is 11.8 Å². The first-order chi connectivity index (χ1) is 5.07. The Morgan fingerprint density at radius 2 is 1.50 bits per heavy atom. The topological polar surface area (TPSA) is 0 Å². The molecule has 72 valence electrons. The highest BCUT2D eigenvalue weighted by Crippen LogP contribution is 2.37. The summed E-state index contributed by atoms with van der Waals surface area (Å²) in [6.07, 6.45) is 0. The van der Waals surface area contributed by atoms with Crippen LogP contribution in [0.1, 0.15) is 6.92 Å². The SMILES string of the molecule is C=C(C(C)[Si](C)(C)Cl)[Si](C)(C)Cl. The van der Waals surface area contributed by atoms with Crippen molar-refractivity contribution in [2.75, 3.05) is 0 Å². The molecule has 1 atom stereocenters. The molecule has 0 spiro atoms. The van der Waals surface area contributed by atoms with Crippen molar-refractivity contribution in [3.8, 4) is 0 Å². The van der Waals surface area contributed by atoms with Crippen LogP contribution in [0.2, 0.25) is 31.7 Å². The van der Waals surface area contributed by atoms with Crippen LogP contribution in [0.4, 0.5) is 0 Å². The lowest BCUT2D eigenvalue weighted by Gasteiger charge is -2.29. The van der Waals surface area contributed by atoms with E-state index in [9.17, 15) is 0 Å². The van der Waals surface area contributed by atoms with Crippen LogP contribution in [0.5, 0.6) is 0 Å². The van der Waals surface area contributed by atoms with Crippen molar-refractivity contribution in [2.24, 2.45) is 0 Å². The average Bonchev–Trinajstić information content (AvgIpc) is 1.80. The smallest absolute Gasteiger partial charge is 0.167 e. The molecule has 0 aliphatic carbocycles. The standard InChI is InChI=1S/C8H18Cl2Si2/c1-7(11(3,4)9)8(2)12(5,6)10/h8H,1H2,2-6H3. The van der Waals surface area contributed by atoms with Crippen LogP contribution < -0.4 is 0 Å². The maximum absolute atomic E-state index is 6.33. The van der Waals surface area contributed by atoms with Gasteiger partial charge in [-0.1, -0.05) is 38.3 Å². The lowest BCUT2D eigenvalue weighted by molar-refractivity contribution is 1.12. The molecule has 0 aliphatic rings. The monoisotopic (exact) mass is 240 g/mol. The summed E-state index contributed by atoms with van der Waals surface area (Å²) >= 11 is 12.6. The van der Waals surface area contributed by atoms with Gasteiger partial charge in [-0.25, -0.2) is 0 Å². The predicted molar refractivity (Wildman–Crippen MR) is 65.2 cm³/mol. The van der Waals surface area contributed by atoms with Gasteiger partial charge in [0.2, 0.25) is 0 Å². The van der Waals surface area contributed by atoms with Crippen molar-refractivity contribution >= 4 is 36.9 Å². The first-order valence-corrected chi connectivity index (χ1v) is 12.2. The maximum Gasteiger partial charge on any atom is 0.176 e. The van der Waals surface area contributed by atoms with Crippen LogP contribution in [-0.2, 0) is 0 Å². The van der Waals surface area contributed by atoms with Crippen LogP contribution in [0.15, 0.2) is 11.8 Å². The Hall–Kier alpha value is 0.754. The zero-order valence-electron chi connectivity index (χ0n) is 8.54. The van der Waals surface area contributed by atoms with Gasteiger partial charge in [0.1, 0.15) is 0 Å². The molecule has 0 aromatic rings. The van der Waals surface area contributed by atoms with E-state index in [1.807, 2.05) is 0 Å². The minimum atomic E-state index is -1.71. The Morgan fingerprint density at radius 1 is 1.17 bits per heavy atom. The largest absolute Gasteiger partial charge is 0.176 e. The summed E-state index contributed by atoms with van der Waals surface area (Å²) in [5.41, 5.74) is 0.415.